The first-order valence-corrected chi connectivity index (χ1v) is 9.04. The van der Waals surface area contributed by atoms with Crippen LogP contribution >= 0.6 is 0 Å². The topological polar surface area (TPSA) is 61.9 Å². The second-order valence-corrected chi connectivity index (χ2v) is 6.97. The zero-order chi connectivity index (χ0) is 19.1. The van der Waals surface area contributed by atoms with Gasteiger partial charge in [-0.25, -0.2) is 4.39 Å². The van der Waals surface area contributed by atoms with Crippen LogP contribution in [0.25, 0.3) is 0 Å². The van der Waals surface area contributed by atoms with Gasteiger partial charge in [-0.2, -0.15) is 0 Å². The normalized spacial score (nSPS) is 16.4. The predicted octanol–water partition coefficient (Wildman–Crippen LogP) is 1.51. The second kappa shape index (κ2) is 9.52. The monoisotopic (exact) mass is 365 g/mol. The Morgan fingerprint density at radius 2 is 1.73 bits per heavy atom. The lowest BCUT2D eigenvalue weighted by Crippen LogP contribution is -2.55. The largest absolute Gasteiger partial charge is 0.484 e. The van der Waals surface area contributed by atoms with Crippen LogP contribution in [-0.2, 0) is 9.59 Å². The summed E-state index contributed by atoms with van der Waals surface area (Å²) in [5, 5.41) is 2.95. The lowest BCUT2D eigenvalue weighted by Gasteiger charge is -2.37. The van der Waals surface area contributed by atoms with Crippen LogP contribution in [0.3, 0.4) is 0 Å². The fourth-order valence-electron chi connectivity index (χ4n) is 2.74. The van der Waals surface area contributed by atoms with Gasteiger partial charge < -0.3 is 15.0 Å². The summed E-state index contributed by atoms with van der Waals surface area (Å²) in [7, 11) is 0. The molecule has 2 rings (SSSR count). The Morgan fingerprint density at radius 3 is 2.31 bits per heavy atom. The maximum Gasteiger partial charge on any atom is 0.260 e. The van der Waals surface area contributed by atoms with Crippen molar-refractivity contribution in [1.82, 2.24) is 15.1 Å². The first kappa shape index (κ1) is 20.2. The third-order valence-electron chi connectivity index (χ3n) is 4.45. The third-order valence-corrected chi connectivity index (χ3v) is 4.45. The summed E-state index contributed by atoms with van der Waals surface area (Å²) in [4.78, 5) is 28.2. The Labute approximate surface area is 154 Å². The smallest absolute Gasteiger partial charge is 0.260 e. The molecule has 6 nitrogen and oxygen atoms in total. The van der Waals surface area contributed by atoms with Gasteiger partial charge in [-0.1, -0.05) is 13.8 Å². The van der Waals surface area contributed by atoms with Gasteiger partial charge in [0.1, 0.15) is 11.6 Å². The molecule has 0 radical (unpaired) electrons. The molecule has 7 heteroatoms. The van der Waals surface area contributed by atoms with Gasteiger partial charge >= 0.3 is 0 Å². The molecule has 1 aliphatic rings. The number of nitrogens with zero attached hydrogens (tertiary/aromatic N) is 2. The van der Waals surface area contributed by atoms with Crippen molar-refractivity contribution in [3.05, 3.63) is 30.1 Å². The number of rotatable bonds is 7. The lowest BCUT2D eigenvalue weighted by molar-refractivity contribution is -0.136. The van der Waals surface area contributed by atoms with Crippen molar-refractivity contribution < 1.29 is 18.7 Å². The van der Waals surface area contributed by atoms with Crippen LogP contribution in [-0.4, -0.2) is 67.0 Å². The predicted molar refractivity (Wildman–Crippen MR) is 97.4 cm³/mol. The molecule has 1 heterocycles. The average molecular weight is 365 g/mol. The molecular formula is C19H28FN3O3. The van der Waals surface area contributed by atoms with Gasteiger partial charge in [0.25, 0.3) is 5.91 Å². The molecule has 1 N–H and O–H groups in total. The SMILES string of the molecule is CC(C)CNC(=O)C(C)N1CCN(C(=O)COc2ccc(F)cc2)CC1. The Morgan fingerprint density at radius 1 is 1.12 bits per heavy atom. The van der Waals surface area contributed by atoms with E-state index in [1.165, 1.54) is 24.3 Å². The zero-order valence-corrected chi connectivity index (χ0v) is 15.7. The first-order valence-electron chi connectivity index (χ1n) is 9.04. The van der Waals surface area contributed by atoms with Gasteiger partial charge in [-0.05, 0) is 37.1 Å². The number of hydrogen-bond donors (Lipinski definition) is 1. The van der Waals surface area contributed by atoms with Crippen molar-refractivity contribution in [1.29, 1.82) is 0 Å². The highest BCUT2D eigenvalue weighted by atomic mass is 19.1. The summed E-state index contributed by atoms with van der Waals surface area (Å²) >= 11 is 0. The second-order valence-electron chi connectivity index (χ2n) is 6.97. The minimum absolute atomic E-state index is 0.0260. The fraction of sp³-hybridized carbons (Fsp3) is 0.579. The highest BCUT2D eigenvalue weighted by Gasteiger charge is 2.27. The number of piperazine rings is 1. The summed E-state index contributed by atoms with van der Waals surface area (Å²) in [6.45, 7) is 9.04. The van der Waals surface area contributed by atoms with Crippen LogP contribution in [0.4, 0.5) is 4.39 Å². The maximum atomic E-state index is 12.9. The van der Waals surface area contributed by atoms with Crippen molar-refractivity contribution in [2.24, 2.45) is 5.92 Å². The molecule has 0 aromatic heterocycles. The van der Waals surface area contributed by atoms with E-state index in [1.54, 1.807) is 4.90 Å². The van der Waals surface area contributed by atoms with Crippen LogP contribution in [0, 0.1) is 11.7 Å². The minimum Gasteiger partial charge on any atom is -0.484 e. The Bertz CT molecular complexity index is 599. The van der Waals surface area contributed by atoms with E-state index in [0.29, 0.717) is 44.4 Å². The standard InChI is InChI=1S/C19H28FN3O3/c1-14(2)12-21-19(25)15(3)22-8-10-23(11-9-22)18(24)13-26-17-6-4-16(20)5-7-17/h4-7,14-15H,8-13H2,1-3H3,(H,21,25). The van der Waals surface area contributed by atoms with Crippen LogP contribution in [0.2, 0.25) is 0 Å². The molecular weight excluding hydrogens is 337 g/mol. The highest BCUT2D eigenvalue weighted by Crippen LogP contribution is 2.12. The van der Waals surface area contributed by atoms with E-state index in [-0.39, 0.29) is 30.3 Å². The Kier molecular flexibility index (Phi) is 7.38. The van der Waals surface area contributed by atoms with Crippen molar-refractivity contribution in [3.63, 3.8) is 0 Å². The molecule has 144 valence electrons. The molecule has 2 amide bonds. The summed E-state index contributed by atoms with van der Waals surface area (Å²) in [5.74, 6) is 0.464. The number of carbonyl (C=O) groups excluding carboxylic acids is 2. The molecule has 1 saturated heterocycles. The van der Waals surface area contributed by atoms with E-state index in [1.807, 2.05) is 6.92 Å². The van der Waals surface area contributed by atoms with E-state index in [0.717, 1.165) is 0 Å². The molecule has 1 aromatic carbocycles. The zero-order valence-electron chi connectivity index (χ0n) is 15.7. The summed E-state index contributed by atoms with van der Waals surface area (Å²) < 4.78 is 18.3. The van der Waals surface area contributed by atoms with Gasteiger partial charge in [-0.15, -0.1) is 0 Å². The third kappa shape index (κ3) is 5.98. The highest BCUT2D eigenvalue weighted by molar-refractivity contribution is 5.81. The number of halogens is 1. The molecule has 0 aliphatic carbocycles. The van der Waals surface area contributed by atoms with Crippen molar-refractivity contribution in [2.75, 3.05) is 39.3 Å². The van der Waals surface area contributed by atoms with Crippen molar-refractivity contribution >= 4 is 11.8 Å². The molecule has 1 unspecified atom stereocenters. The van der Waals surface area contributed by atoms with Gasteiger partial charge in [0, 0.05) is 32.7 Å². The molecule has 0 saturated carbocycles. The summed E-state index contributed by atoms with van der Waals surface area (Å²) in [6.07, 6.45) is 0. The molecule has 0 bridgehead atoms. The fourth-order valence-corrected chi connectivity index (χ4v) is 2.74. The summed E-state index contributed by atoms with van der Waals surface area (Å²) in [5.41, 5.74) is 0. The number of hydrogen-bond acceptors (Lipinski definition) is 4. The average Bonchev–Trinajstić information content (AvgIpc) is 2.65. The number of nitrogens with one attached hydrogen (secondary N) is 1. The van der Waals surface area contributed by atoms with Gasteiger partial charge in [0.2, 0.25) is 5.91 Å². The van der Waals surface area contributed by atoms with E-state index in [2.05, 4.69) is 24.1 Å². The Balaban J connectivity index is 1.73. The van der Waals surface area contributed by atoms with Gasteiger partial charge in [0.15, 0.2) is 6.61 Å². The summed E-state index contributed by atoms with van der Waals surface area (Å²) in [6, 6.07) is 5.38. The maximum absolute atomic E-state index is 12.9. The molecule has 1 aromatic rings. The van der Waals surface area contributed by atoms with Crippen molar-refractivity contribution in [2.45, 2.75) is 26.8 Å². The van der Waals surface area contributed by atoms with Crippen LogP contribution in [0.5, 0.6) is 5.75 Å². The number of amides is 2. The molecule has 1 aliphatic heterocycles. The number of carbonyl (C=O) groups is 2. The van der Waals surface area contributed by atoms with E-state index in [9.17, 15) is 14.0 Å². The van der Waals surface area contributed by atoms with Gasteiger partial charge in [-0.3, -0.25) is 14.5 Å². The molecule has 0 spiro atoms. The van der Waals surface area contributed by atoms with E-state index >= 15 is 0 Å². The lowest BCUT2D eigenvalue weighted by atomic mass is 10.2. The molecule has 26 heavy (non-hydrogen) atoms. The van der Waals surface area contributed by atoms with E-state index in [4.69, 9.17) is 4.74 Å². The van der Waals surface area contributed by atoms with E-state index < -0.39 is 0 Å². The Hall–Kier alpha value is -2.15. The minimum atomic E-state index is -0.341. The van der Waals surface area contributed by atoms with Gasteiger partial charge in [0.05, 0.1) is 6.04 Å². The number of benzene rings is 1. The first-order chi connectivity index (χ1) is 12.4. The van der Waals surface area contributed by atoms with Crippen LogP contribution < -0.4 is 10.1 Å². The molecule has 1 fully saturated rings. The van der Waals surface area contributed by atoms with Crippen molar-refractivity contribution in [3.8, 4) is 5.75 Å². The molecule has 1 atom stereocenters. The van der Waals surface area contributed by atoms with Crippen LogP contribution in [0.15, 0.2) is 24.3 Å². The quantitative estimate of drug-likeness (QED) is 0.796. The number of ether oxygens (including phenoxy) is 1. The van der Waals surface area contributed by atoms with Crippen LogP contribution in [0.1, 0.15) is 20.8 Å².